The molecule has 0 atom stereocenters. The van der Waals surface area contributed by atoms with E-state index in [1.807, 2.05) is 13.8 Å². The number of amides is 1. The summed E-state index contributed by atoms with van der Waals surface area (Å²) in [5.74, 6) is 0.201. The van der Waals surface area contributed by atoms with Gasteiger partial charge in [-0.2, -0.15) is 0 Å². The van der Waals surface area contributed by atoms with E-state index in [4.69, 9.17) is 0 Å². The number of hydrogen-bond acceptors (Lipinski definition) is 1. The summed E-state index contributed by atoms with van der Waals surface area (Å²) in [7, 11) is 3.57. The molecule has 0 saturated heterocycles. The summed E-state index contributed by atoms with van der Waals surface area (Å²) < 4.78 is 0. The van der Waals surface area contributed by atoms with Gasteiger partial charge < -0.3 is 4.90 Å². The second-order valence-corrected chi connectivity index (χ2v) is 4.03. The van der Waals surface area contributed by atoms with E-state index in [9.17, 15) is 4.79 Å². The number of carbonyl (C=O) groups excluding carboxylic acids is 1. The Hall–Kier alpha value is -0.530. The minimum absolute atomic E-state index is 0.112. The third kappa shape index (κ3) is 9.47. The molecule has 74 valence electrons. The van der Waals surface area contributed by atoms with E-state index in [1.54, 1.807) is 19.0 Å². The van der Waals surface area contributed by atoms with Crippen LogP contribution in [0, 0.1) is 5.41 Å². The third-order valence-corrected chi connectivity index (χ3v) is 1.18. The lowest BCUT2D eigenvalue weighted by Gasteiger charge is -2.19. The van der Waals surface area contributed by atoms with Gasteiger partial charge in [-0.15, -0.1) is 0 Å². The van der Waals surface area contributed by atoms with Crippen molar-refractivity contribution in [1.29, 1.82) is 0 Å². The normalized spacial score (nSPS) is 9.92. The smallest absolute Gasteiger partial charge is 0.222 e. The first-order valence-corrected chi connectivity index (χ1v) is 4.53. The van der Waals surface area contributed by atoms with Crippen LogP contribution in [-0.4, -0.2) is 24.9 Å². The molecule has 0 aliphatic heterocycles. The molecule has 0 fully saturated rings. The molecule has 2 nitrogen and oxygen atoms in total. The second kappa shape index (κ2) is 6.04. The molecule has 0 spiro atoms. The molecule has 0 radical (unpaired) electrons. The lowest BCUT2D eigenvalue weighted by atomic mass is 9.92. The quantitative estimate of drug-likeness (QED) is 0.596. The molecule has 0 heterocycles. The topological polar surface area (TPSA) is 20.3 Å². The first-order valence-electron chi connectivity index (χ1n) is 4.53. The second-order valence-electron chi connectivity index (χ2n) is 4.03. The van der Waals surface area contributed by atoms with Crippen LogP contribution in [0.4, 0.5) is 0 Å². The Morgan fingerprint density at radius 2 is 1.50 bits per heavy atom. The fraction of sp³-hybridized carbons (Fsp3) is 0.900. The monoisotopic (exact) mass is 173 g/mol. The van der Waals surface area contributed by atoms with Gasteiger partial charge in [0, 0.05) is 20.5 Å². The Morgan fingerprint density at radius 3 is 1.58 bits per heavy atom. The number of hydrogen-bond donors (Lipinski definition) is 0. The summed E-state index contributed by atoms with van der Waals surface area (Å²) in [6.45, 7) is 10.2. The molecule has 1 amide bonds. The van der Waals surface area contributed by atoms with Crippen LogP contribution in [0.1, 0.15) is 41.0 Å². The van der Waals surface area contributed by atoms with Crippen molar-refractivity contribution in [3.05, 3.63) is 0 Å². The van der Waals surface area contributed by atoms with Gasteiger partial charge in [0.15, 0.2) is 0 Å². The van der Waals surface area contributed by atoms with Crippen LogP contribution in [0.3, 0.4) is 0 Å². The molecule has 0 aromatic carbocycles. The summed E-state index contributed by atoms with van der Waals surface area (Å²) >= 11 is 0. The van der Waals surface area contributed by atoms with E-state index >= 15 is 0 Å². The zero-order chi connectivity index (χ0) is 10.4. The Labute approximate surface area is 77.0 Å². The van der Waals surface area contributed by atoms with Crippen molar-refractivity contribution in [3.63, 3.8) is 0 Å². The van der Waals surface area contributed by atoms with Crippen LogP contribution in [0.5, 0.6) is 0 Å². The predicted octanol–water partition coefficient (Wildman–Crippen LogP) is 2.54. The van der Waals surface area contributed by atoms with Gasteiger partial charge in [-0.3, -0.25) is 4.79 Å². The van der Waals surface area contributed by atoms with Crippen LogP contribution in [0.25, 0.3) is 0 Å². The molecule has 0 N–H and O–H groups in total. The van der Waals surface area contributed by atoms with Crippen molar-refractivity contribution in [3.8, 4) is 0 Å². The average Bonchev–Trinajstić information content (AvgIpc) is 1.88. The van der Waals surface area contributed by atoms with Gasteiger partial charge in [0.2, 0.25) is 5.91 Å². The first kappa shape index (κ1) is 14.0. The van der Waals surface area contributed by atoms with Gasteiger partial charge >= 0.3 is 0 Å². The molecule has 0 aliphatic rings. The zero-order valence-corrected chi connectivity index (χ0v) is 9.56. The van der Waals surface area contributed by atoms with E-state index < -0.39 is 0 Å². The van der Waals surface area contributed by atoms with Gasteiger partial charge in [0.1, 0.15) is 0 Å². The standard InChI is InChI=1S/C8H17NO.C2H6/c1-8(2,3)6-7(10)9(4)5;1-2/h6H2,1-5H3;1-2H3. The molecular formula is C10H23NO. The summed E-state index contributed by atoms with van der Waals surface area (Å²) in [4.78, 5) is 12.7. The van der Waals surface area contributed by atoms with Crippen molar-refractivity contribution in [2.75, 3.05) is 14.1 Å². The Kier molecular flexibility index (Phi) is 7.05. The lowest BCUT2D eigenvalue weighted by Crippen LogP contribution is -2.26. The largest absolute Gasteiger partial charge is 0.349 e. The molecule has 0 bridgehead atoms. The summed E-state index contributed by atoms with van der Waals surface area (Å²) in [6.07, 6.45) is 0.625. The highest BCUT2D eigenvalue weighted by molar-refractivity contribution is 5.76. The van der Waals surface area contributed by atoms with Gasteiger partial charge in [-0.25, -0.2) is 0 Å². The summed E-state index contributed by atoms with van der Waals surface area (Å²) in [6, 6.07) is 0. The molecule has 0 rings (SSSR count). The average molecular weight is 173 g/mol. The molecule has 0 aromatic rings. The molecule has 0 unspecified atom stereocenters. The predicted molar refractivity (Wildman–Crippen MR) is 54.1 cm³/mol. The van der Waals surface area contributed by atoms with Crippen molar-refractivity contribution < 1.29 is 4.79 Å². The van der Waals surface area contributed by atoms with E-state index in [1.165, 1.54) is 0 Å². The van der Waals surface area contributed by atoms with Crippen LogP contribution in [-0.2, 0) is 4.79 Å². The minimum atomic E-state index is 0.112. The zero-order valence-electron chi connectivity index (χ0n) is 9.56. The fourth-order valence-electron chi connectivity index (χ4n) is 0.612. The van der Waals surface area contributed by atoms with Gasteiger partial charge in [-0.05, 0) is 5.41 Å². The van der Waals surface area contributed by atoms with E-state index in [0.29, 0.717) is 6.42 Å². The Bertz CT molecular complexity index is 122. The van der Waals surface area contributed by atoms with Crippen LogP contribution < -0.4 is 0 Å². The maximum atomic E-state index is 11.1. The molecule has 12 heavy (non-hydrogen) atoms. The van der Waals surface area contributed by atoms with Crippen molar-refractivity contribution >= 4 is 5.91 Å². The van der Waals surface area contributed by atoms with Crippen LogP contribution >= 0.6 is 0 Å². The highest BCUT2D eigenvalue weighted by Crippen LogP contribution is 2.18. The SMILES string of the molecule is CC.CN(C)C(=O)CC(C)(C)C. The lowest BCUT2D eigenvalue weighted by molar-refractivity contribution is -0.130. The van der Waals surface area contributed by atoms with Gasteiger partial charge in [-0.1, -0.05) is 34.6 Å². The minimum Gasteiger partial charge on any atom is -0.349 e. The molecule has 2 heteroatoms. The van der Waals surface area contributed by atoms with Gasteiger partial charge in [0.25, 0.3) is 0 Å². The third-order valence-electron chi connectivity index (χ3n) is 1.18. The molecule has 0 aliphatic carbocycles. The number of carbonyl (C=O) groups is 1. The Balaban J connectivity index is 0. The van der Waals surface area contributed by atoms with Crippen LogP contribution in [0.15, 0.2) is 0 Å². The molecule has 0 aromatic heterocycles. The van der Waals surface area contributed by atoms with Gasteiger partial charge in [0.05, 0.1) is 0 Å². The van der Waals surface area contributed by atoms with Crippen molar-refractivity contribution in [1.82, 2.24) is 4.90 Å². The maximum absolute atomic E-state index is 11.1. The maximum Gasteiger partial charge on any atom is 0.222 e. The van der Waals surface area contributed by atoms with Crippen LogP contribution in [0.2, 0.25) is 0 Å². The highest BCUT2D eigenvalue weighted by Gasteiger charge is 2.16. The Morgan fingerprint density at radius 1 is 1.17 bits per heavy atom. The summed E-state index contributed by atoms with van der Waals surface area (Å²) in [5.41, 5.74) is 0.112. The van der Waals surface area contributed by atoms with Crippen molar-refractivity contribution in [2.45, 2.75) is 41.0 Å². The van der Waals surface area contributed by atoms with E-state index in [2.05, 4.69) is 20.8 Å². The number of nitrogens with zero attached hydrogens (tertiary/aromatic N) is 1. The molecule has 0 saturated carbocycles. The summed E-state index contributed by atoms with van der Waals surface area (Å²) in [5, 5.41) is 0. The van der Waals surface area contributed by atoms with Crippen molar-refractivity contribution in [2.24, 2.45) is 5.41 Å². The number of rotatable bonds is 1. The first-order chi connectivity index (χ1) is 5.33. The van der Waals surface area contributed by atoms with E-state index in [0.717, 1.165) is 0 Å². The fourth-order valence-corrected chi connectivity index (χ4v) is 0.612. The van der Waals surface area contributed by atoms with E-state index in [-0.39, 0.29) is 11.3 Å². The highest BCUT2D eigenvalue weighted by atomic mass is 16.2. The molecular weight excluding hydrogens is 150 g/mol.